The summed E-state index contributed by atoms with van der Waals surface area (Å²) < 4.78 is 0. The van der Waals surface area contributed by atoms with Crippen LogP contribution in [0.15, 0.2) is 24.3 Å². The highest BCUT2D eigenvalue weighted by molar-refractivity contribution is 6.30. The Morgan fingerprint density at radius 3 is 2.45 bits per heavy atom. The van der Waals surface area contributed by atoms with Crippen LogP contribution in [0.25, 0.3) is 0 Å². The van der Waals surface area contributed by atoms with Gasteiger partial charge in [-0.1, -0.05) is 11.6 Å². The summed E-state index contributed by atoms with van der Waals surface area (Å²) in [4.78, 5) is 28.7. The van der Waals surface area contributed by atoms with Crippen molar-refractivity contribution in [2.24, 2.45) is 5.92 Å². The Morgan fingerprint density at radius 2 is 1.86 bits per heavy atom. The van der Waals surface area contributed by atoms with Crippen LogP contribution in [0.3, 0.4) is 0 Å². The van der Waals surface area contributed by atoms with E-state index in [1.807, 2.05) is 18.7 Å². The summed E-state index contributed by atoms with van der Waals surface area (Å²) in [5.74, 6) is 0.0669. The first-order valence-corrected chi connectivity index (χ1v) is 8.28. The van der Waals surface area contributed by atoms with Gasteiger partial charge in [-0.05, 0) is 51.0 Å². The van der Waals surface area contributed by atoms with E-state index < -0.39 is 0 Å². The maximum absolute atomic E-state index is 12.5. The maximum atomic E-state index is 12.5. The van der Waals surface area contributed by atoms with E-state index in [4.69, 9.17) is 11.6 Å². The lowest BCUT2D eigenvalue weighted by Gasteiger charge is -2.34. The van der Waals surface area contributed by atoms with Gasteiger partial charge in [-0.3, -0.25) is 9.59 Å². The number of likely N-dealkylation sites (tertiary alicyclic amines) is 1. The fraction of sp³-hybridized carbons (Fsp3) is 0.529. The Kier molecular flexibility index (Phi) is 5.83. The van der Waals surface area contributed by atoms with Gasteiger partial charge in [-0.2, -0.15) is 0 Å². The van der Waals surface area contributed by atoms with E-state index in [1.54, 1.807) is 29.2 Å². The van der Waals surface area contributed by atoms with Gasteiger partial charge in [0.1, 0.15) is 0 Å². The molecular weight excluding hydrogens is 300 g/mol. The molecule has 0 radical (unpaired) electrons. The van der Waals surface area contributed by atoms with Crippen molar-refractivity contribution < 1.29 is 9.59 Å². The first-order chi connectivity index (χ1) is 10.6. The first kappa shape index (κ1) is 16.8. The second-order valence-corrected chi connectivity index (χ2v) is 6.04. The SMILES string of the molecule is CCN(CC)C(=O)C1CCCN(C(=O)c2ccc(Cl)cc2)C1. The number of carbonyl (C=O) groups excluding carboxylic acids is 2. The highest BCUT2D eigenvalue weighted by Gasteiger charge is 2.30. The van der Waals surface area contributed by atoms with Crippen molar-refractivity contribution in [3.05, 3.63) is 34.9 Å². The fourth-order valence-electron chi connectivity index (χ4n) is 2.93. The van der Waals surface area contributed by atoms with Gasteiger partial charge < -0.3 is 9.80 Å². The van der Waals surface area contributed by atoms with Crippen molar-refractivity contribution in [3.8, 4) is 0 Å². The normalized spacial score (nSPS) is 18.1. The third-order valence-corrected chi connectivity index (χ3v) is 4.48. The molecule has 120 valence electrons. The summed E-state index contributed by atoms with van der Waals surface area (Å²) in [5, 5.41) is 0.616. The van der Waals surface area contributed by atoms with Crippen molar-refractivity contribution in [2.75, 3.05) is 26.2 Å². The second-order valence-electron chi connectivity index (χ2n) is 5.61. The number of halogens is 1. The molecule has 5 heteroatoms. The largest absolute Gasteiger partial charge is 0.343 e. The van der Waals surface area contributed by atoms with Gasteiger partial charge in [0.2, 0.25) is 5.91 Å². The summed E-state index contributed by atoms with van der Waals surface area (Å²) in [6, 6.07) is 6.91. The Morgan fingerprint density at radius 1 is 1.23 bits per heavy atom. The summed E-state index contributed by atoms with van der Waals surface area (Å²) >= 11 is 5.86. The van der Waals surface area contributed by atoms with Gasteiger partial charge in [0.15, 0.2) is 0 Å². The van der Waals surface area contributed by atoms with Crippen molar-refractivity contribution >= 4 is 23.4 Å². The molecule has 0 aromatic heterocycles. The monoisotopic (exact) mass is 322 g/mol. The fourth-order valence-corrected chi connectivity index (χ4v) is 3.06. The zero-order chi connectivity index (χ0) is 16.1. The summed E-state index contributed by atoms with van der Waals surface area (Å²) in [6.07, 6.45) is 1.73. The number of benzene rings is 1. The molecule has 0 N–H and O–H groups in total. The minimum Gasteiger partial charge on any atom is -0.343 e. The minimum absolute atomic E-state index is 0.0197. The molecule has 0 aliphatic carbocycles. The van der Waals surface area contributed by atoms with Crippen LogP contribution in [-0.2, 0) is 4.79 Å². The van der Waals surface area contributed by atoms with E-state index in [0.29, 0.717) is 23.7 Å². The zero-order valence-corrected chi connectivity index (χ0v) is 14.0. The standard InChI is InChI=1S/C17H23ClN2O2/c1-3-19(4-2)17(22)14-6-5-11-20(12-14)16(21)13-7-9-15(18)10-8-13/h7-10,14H,3-6,11-12H2,1-2H3. The quantitative estimate of drug-likeness (QED) is 0.854. The molecule has 1 saturated heterocycles. The lowest BCUT2D eigenvalue weighted by Crippen LogP contribution is -2.46. The molecule has 1 aliphatic rings. The minimum atomic E-state index is -0.0788. The average molecular weight is 323 g/mol. The molecule has 1 aromatic rings. The molecule has 2 amide bonds. The zero-order valence-electron chi connectivity index (χ0n) is 13.2. The van der Waals surface area contributed by atoms with Crippen LogP contribution in [0.2, 0.25) is 5.02 Å². The van der Waals surface area contributed by atoms with Gasteiger partial charge in [-0.15, -0.1) is 0 Å². The Hall–Kier alpha value is -1.55. The van der Waals surface area contributed by atoms with Crippen LogP contribution in [0.1, 0.15) is 37.0 Å². The van der Waals surface area contributed by atoms with Crippen molar-refractivity contribution in [2.45, 2.75) is 26.7 Å². The number of piperidine rings is 1. The van der Waals surface area contributed by atoms with Crippen molar-refractivity contribution in [1.29, 1.82) is 0 Å². The summed E-state index contributed by atoms with van der Waals surface area (Å²) in [6.45, 7) is 6.63. The molecule has 0 spiro atoms. The van der Waals surface area contributed by atoms with Gasteiger partial charge in [0.05, 0.1) is 5.92 Å². The predicted molar refractivity (Wildman–Crippen MR) is 88.0 cm³/mol. The topological polar surface area (TPSA) is 40.6 Å². The summed E-state index contributed by atoms with van der Waals surface area (Å²) in [7, 11) is 0. The first-order valence-electron chi connectivity index (χ1n) is 7.90. The number of carbonyl (C=O) groups is 2. The Balaban J connectivity index is 2.05. The molecule has 0 bridgehead atoms. The number of hydrogen-bond acceptors (Lipinski definition) is 2. The average Bonchev–Trinajstić information content (AvgIpc) is 2.56. The molecule has 2 rings (SSSR count). The van der Waals surface area contributed by atoms with Crippen LogP contribution in [0.4, 0.5) is 0 Å². The smallest absolute Gasteiger partial charge is 0.253 e. The Bertz CT molecular complexity index is 526. The van der Waals surface area contributed by atoms with E-state index in [0.717, 1.165) is 25.9 Å². The van der Waals surface area contributed by atoms with E-state index in [-0.39, 0.29) is 17.7 Å². The van der Waals surface area contributed by atoms with Gasteiger partial charge in [0.25, 0.3) is 5.91 Å². The number of hydrogen-bond donors (Lipinski definition) is 0. The lowest BCUT2D eigenvalue weighted by molar-refractivity contribution is -0.136. The van der Waals surface area contributed by atoms with E-state index in [9.17, 15) is 9.59 Å². The van der Waals surface area contributed by atoms with Crippen molar-refractivity contribution in [3.63, 3.8) is 0 Å². The molecule has 4 nitrogen and oxygen atoms in total. The van der Waals surface area contributed by atoms with Crippen LogP contribution in [-0.4, -0.2) is 47.8 Å². The lowest BCUT2D eigenvalue weighted by atomic mass is 9.95. The van der Waals surface area contributed by atoms with E-state index in [2.05, 4.69) is 0 Å². The molecular formula is C17H23ClN2O2. The van der Waals surface area contributed by atoms with Crippen LogP contribution < -0.4 is 0 Å². The predicted octanol–water partition coefficient (Wildman–Crippen LogP) is 3.06. The second kappa shape index (κ2) is 7.63. The molecule has 0 saturated carbocycles. The molecule has 22 heavy (non-hydrogen) atoms. The summed E-state index contributed by atoms with van der Waals surface area (Å²) in [5.41, 5.74) is 0.625. The number of rotatable bonds is 4. The highest BCUT2D eigenvalue weighted by Crippen LogP contribution is 2.21. The third kappa shape index (κ3) is 3.80. The van der Waals surface area contributed by atoms with E-state index in [1.165, 1.54) is 0 Å². The van der Waals surface area contributed by atoms with Gasteiger partial charge in [0, 0.05) is 36.8 Å². The highest BCUT2D eigenvalue weighted by atomic mass is 35.5. The van der Waals surface area contributed by atoms with Crippen LogP contribution in [0, 0.1) is 5.92 Å². The molecule has 1 unspecified atom stereocenters. The van der Waals surface area contributed by atoms with Gasteiger partial charge >= 0.3 is 0 Å². The number of nitrogens with zero attached hydrogens (tertiary/aromatic N) is 2. The molecule has 1 heterocycles. The van der Waals surface area contributed by atoms with Crippen molar-refractivity contribution in [1.82, 2.24) is 9.80 Å². The van der Waals surface area contributed by atoms with Gasteiger partial charge in [-0.25, -0.2) is 0 Å². The molecule has 1 aromatic carbocycles. The van der Waals surface area contributed by atoms with Crippen LogP contribution >= 0.6 is 11.6 Å². The number of amides is 2. The van der Waals surface area contributed by atoms with E-state index >= 15 is 0 Å². The molecule has 1 fully saturated rings. The third-order valence-electron chi connectivity index (χ3n) is 4.22. The van der Waals surface area contributed by atoms with Crippen LogP contribution in [0.5, 0.6) is 0 Å². The Labute approximate surface area is 137 Å². The molecule has 1 atom stereocenters. The molecule has 1 aliphatic heterocycles. The maximum Gasteiger partial charge on any atom is 0.253 e.